The second-order valence-electron chi connectivity index (χ2n) is 7.20. The van der Waals surface area contributed by atoms with E-state index in [4.69, 9.17) is 4.55 Å². The Morgan fingerprint density at radius 1 is 0.846 bits per heavy atom. The summed E-state index contributed by atoms with van der Waals surface area (Å²) in [6, 6.07) is 0. The lowest BCUT2D eigenvalue weighted by atomic mass is 9.88. The largest absolute Gasteiger partial charge is 0.465 e. The fourth-order valence-corrected chi connectivity index (χ4v) is 2.41. The van der Waals surface area contributed by atoms with E-state index in [1.54, 1.807) is 0 Å². The van der Waals surface area contributed by atoms with E-state index < -0.39 is 94.5 Å². The summed E-state index contributed by atoms with van der Waals surface area (Å²) in [5.41, 5.74) is -8.48. The first-order chi connectivity index (χ1) is 17.0. The van der Waals surface area contributed by atoms with E-state index in [-0.39, 0.29) is 0 Å². The van der Waals surface area contributed by atoms with Gasteiger partial charge in [0, 0.05) is 5.57 Å². The van der Waals surface area contributed by atoms with E-state index in [1.807, 2.05) is 0 Å². The Morgan fingerprint density at radius 2 is 1.28 bits per heavy atom. The van der Waals surface area contributed by atoms with Gasteiger partial charge in [-0.15, -0.1) is 0 Å². The number of rotatable bonds is 12. The average Bonchev–Trinajstić information content (AvgIpc) is 2.71. The van der Waals surface area contributed by atoms with Gasteiger partial charge in [-0.05, 0) is 6.92 Å². The highest BCUT2D eigenvalue weighted by atomic mass is 32.2. The average molecular weight is 628 g/mol. The zero-order valence-electron chi connectivity index (χ0n) is 18.4. The van der Waals surface area contributed by atoms with E-state index in [0.717, 1.165) is 6.92 Å². The molecule has 1 N–H and O–H groups in total. The molecule has 39 heavy (non-hydrogen) atoms. The molecule has 0 rings (SSSR count). The van der Waals surface area contributed by atoms with Gasteiger partial charge in [-0.25, -0.2) is 18.8 Å². The minimum atomic E-state index is -7.89. The minimum absolute atomic E-state index is 0.588. The van der Waals surface area contributed by atoms with Crippen molar-refractivity contribution in [1.29, 1.82) is 0 Å². The second kappa shape index (κ2) is 11.3. The first kappa shape index (κ1) is 36.1. The van der Waals surface area contributed by atoms with E-state index in [0.29, 0.717) is 0 Å². The van der Waals surface area contributed by atoms with Crippen LogP contribution in [-0.4, -0.2) is 85.3 Å². The zero-order chi connectivity index (χ0) is 31.6. The van der Waals surface area contributed by atoms with E-state index >= 15 is 0 Å². The van der Waals surface area contributed by atoms with Crippen molar-refractivity contribution in [2.45, 2.75) is 54.6 Å². The highest BCUT2D eigenvalue weighted by molar-refractivity contribution is 7.87. The molecule has 0 aromatic rings. The van der Waals surface area contributed by atoms with Crippen molar-refractivity contribution in [3.8, 4) is 0 Å². The van der Waals surface area contributed by atoms with Gasteiger partial charge in [-0.2, -0.15) is 61.1 Å². The smallest absolute Gasteiger partial charge is 0.458 e. The monoisotopic (exact) mass is 628 g/mol. The molecule has 228 valence electrons. The Balaban J connectivity index is 6.15. The van der Waals surface area contributed by atoms with Crippen molar-refractivity contribution in [1.82, 2.24) is 0 Å². The standard InChI is InChI=1S/C16H13F13O9S/c1-6(2)9(31)36-4-7(38-8(30)5-37-10(32)12(19,20)39(33,34)35)3-11(17,18)14(22,23)13(21,15(24,25)26)16(27,28)29/h7H,1,3-5H2,2H3,(H,33,34,35). The van der Waals surface area contributed by atoms with Gasteiger partial charge in [-0.3, -0.25) is 4.55 Å². The molecule has 0 aliphatic carbocycles. The third-order valence-electron chi connectivity index (χ3n) is 4.09. The van der Waals surface area contributed by atoms with Crippen LogP contribution in [0.5, 0.6) is 0 Å². The van der Waals surface area contributed by atoms with Crippen LogP contribution in [0.2, 0.25) is 0 Å². The molecule has 1 unspecified atom stereocenters. The predicted molar refractivity (Wildman–Crippen MR) is 93.6 cm³/mol. The summed E-state index contributed by atoms with van der Waals surface area (Å²) >= 11 is 0. The molecule has 0 saturated carbocycles. The molecule has 0 fully saturated rings. The molecular weight excluding hydrogens is 615 g/mol. The molecule has 1 atom stereocenters. The topological polar surface area (TPSA) is 133 Å². The molecule has 0 aromatic heterocycles. The Labute approximate surface area is 207 Å². The highest BCUT2D eigenvalue weighted by Crippen LogP contribution is 2.60. The lowest BCUT2D eigenvalue weighted by molar-refractivity contribution is -0.428. The number of carbonyl (C=O) groups excluding carboxylic acids is 3. The Bertz CT molecular complexity index is 1050. The van der Waals surface area contributed by atoms with Gasteiger partial charge >= 0.3 is 63.1 Å². The van der Waals surface area contributed by atoms with Gasteiger partial charge in [0.2, 0.25) is 0 Å². The van der Waals surface area contributed by atoms with Crippen molar-refractivity contribution in [2.75, 3.05) is 13.2 Å². The maximum atomic E-state index is 14.1. The highest BCUT2D eigenvalue weighted by Gasteiger charge is 2.90. The summed E-state index contributed by atoms with van der Waals surface area (Å²) in [5, 5.41) is -5.74. The summed E-state index contributed by atoms with van der Waals surface area (Å²) < 4.78 is 212. The SMILES string of the molecule is C=C(C)C(=O)OCC(CC(F)(F)C(F)(F)C(F)(C(F)(F)F)C(F)(F)F)OC(=O)COC(=O)C(F)(F)S(=O)(=O)O. The molecule has 0 spiro atoms. The Hall–Kier alpha value is -2.85. The maximum absolute atomic E-state index is 14.1. The van der Waals surface area contributed by atoms with Gasteiger partial charge < -0.3 is 14.2 Å². The van der Waals surface area contributed by atoms with Crippen molar-refractivity contribution in [3.63, 3.8) is 0 Å². The summed E-state index contributed by atoms with van der Waals surface area (Å²) in [7, 11) is -6.50. The molecule has 0 aliphatic rings. The first-order valence-electron chi connectivity index (χ1n) is 9.09. The normalized spacial score (nSPS) is 14.8. The van der Waals surface area contributed by atoms with Gasteiger partial charge in [0.05, 0.1) is 6.42 Å². The van der Waals surface area contributed by atoms with Crippen LogP contribution in [0.3, 0.4) is 0 Å². The van der Waals surface area contributed by atoms with Gasteiger partial charge in [0.1, 0.15) is 12.7 Å². The van der Waals surface area contributed by atoms with Crippen molar-refractivity contribution in [2.24, 2.45) is 0 Å². The molecule has 0 radical (unpaired) electrons. The fourth-order valence-electron chi connectivity index (χ4n) is 2.14. The third-order valence-corrected chi connectivity index (χ3v) is 4.90. The lowest BCUT2D eigenvalue weighted by Gasteiger charge is -2.40. The van der Waals surface area contributed by atoms with Crippen molar-refractivity contribution in [3.05, 3.63) is 12.2 Å². The molecular formula is C16H13F13O9S. The van der Waals surface area contributed by atoms with Crippen LogP contribution in [0.25, 0.3) is 0 Å². The number of alkyl halides is 13. The molecule has 0 amide bonds. The van der Waals surface area contributed by atoms with Crippen LogP contribution >= 0.6 is 0 Å². The van der Waals surface area contributed by atoms with Crippen LogP contribution in [0.15, 0.2) is 12.2 Å². The second-order valence-corrected chi connectivity index (χ2v) is 8.66. The van der Waals surface area contributed by atoms with Crippen LogP contribution in [-0.2, 0) is 38.7 Å². The van der Waals surface area contributed by atoms with Crippen LogP contribution in [0.1, 0.15) is 13.3 Å². The van der Waals surface area contributed by atoms with Crippen LogP contribution in [0.4, 0.5) is 57.1 Å². The van der Waals surface area contributed by atoms with Crippen molar-refractivity contribution >= 4 is 28.0 Å². The molecule has 0 saturated heterocycles. The van der Waals surface area contributed by atoms with Gasteiger partial charge in [-0.1, -0.05) is 6.58 Å². The Kier molecular flexibility index (Phi) is 10.5. The zero-order valence-corrected chi connectivity index (χ0v) is 19.3. The number of halogens is 13. The molecule has 9 nitrogen and oxygen atoms in total. The predicted octanol–water partition coefficient (Wildman–Crippen LogP) is 3.53. The fraction of sp³-hybridized carbons (Fsp3) is 0.688. The Morgan fingerprint density at radius 3 is 1.64 bits per heavy atom. The molecule has 23 heteroatoms. The first-order valence-corrected chi connectivity index (χ1v) is 10.5. The summed E-state index contributed by atoms with van der Waals surface area (Å²) in [6.07, 6.45) is -21.8. The minimum Gasteiger partial charge on any atom is -0.458 e. The van der Waals surface area contributed by atoms with Gasteiger partial charge in [0.25, 0.3) is 0 Å². The van der Waals surface area contributed by atoms with E-state index in [1.165, 1.54) is 0 Å². The number of carbonyl (C=O) groups is 3. The van der Waals surface area contributed by atoms with E-state index in [2.05, 4.69) is 20.8 Å². The van der Waals surface area contributed by atoms with Crippen LogP contribution < -0.4 is 0 Å². The molecule has 0 heterocycles. The van der Waals surface area contributed by atoms with Crippen molar-refractivity contribution < 1.29 is 98.6 Å². The summed E-state index contributed by atoms with van der Waals surface area (Å²) in [5.74, 6) is -21.6. The number of esters is 3. The molecule has 0 bridgehead atoms. The quantitative estimate of drug-likeness (QED) is 0.113. The third kappa shape index (κ3) is 7.63. The lowest BCUT2D eigenvalue weighted by Crippen LogP contribution is -2.70. The number of hydrogen-bond acceptors (Lipinski definition) is 8. The number of hydrogen-bond donors (Lipinski definition) is 1. The van der Waals surface area contributed by atoms with Crippen LogP contribution in [0, 0.1) is 0 Å². The number of ether oxygens (including phenoxy) is 3. The van der Waals surface area contributed by atoms with Gasteiger partial charge in [0.15, 0.2) is 6.61 Å². The summed E-state index contributed by atoms with van der Waals surface area (Å²) in [6.45, 7) is -0.317. The van der Waals surface area contributed by atoms with E-state index in [9.17, 15) is 79.9 Å². The molecule has 0 aliphatic heterocycles. The molecule has 0 aromatic carbocycles. The maximum Gasteiger partial charge on any atom is 0.465 e. The summed E-state index contributed by atoms with van der Waals surface area (Å²) in [4.78, 5) is 33.9.